The minimum Gasteiger partial charge on any atom is -0.480 e. The molecule has 1 atom stereocenters. The van der Waals surface area contributed by atoms with Crippen molar-refractivity contribution in [2.75, 3.05) is 11.9 Å². The molecule has 5 nitrogen and oxygen atoms in total. The smallest absolute Gasteiger partial charge is 0.326 e. The van der Waals surface area contributed by atoms with Crippen LogP contribution in [0.25, 0.3) is 0 Å². The van der Waals surface area contributed by atoms with Crippen LogP contribution in [0.15, 0.2) is 24.3 Å². The van der Waals surface area contributed by atoms with Crippen molar-refractivity contribution in [1.82, 2.24) is 5.32 Å². The number of rotatable bonds is 5. The topological polar surface area (TPSA) is 69.6 Å². The molecule has 0 aliphatic carbocycles. The molecule has 2 amide bonds. The summed E-state index contributed by atoms with van der Waals surface area (Å²) in [6.07, 6.45) is 1.29. The number of carbonyl (C=O) groups excluding carboxylic acids is 1. The van der Waals surface area contributed by atoms with Gasteiger partial charge in [0.2, 0.25) is 0 Å². The van der Waals surface area contributed by atoms with E-state index in [9.17, 15) is 9.59 Å². The molecule has 1 aromatic carbocycles. The predicted octanol–water partition coefficient (Wildman–Crippen LogP) is 2.26. The van der Waals surface area contributed by atoms with Crippen LogP contribution in [0.1, 0.15) is 25.8 Å². The number of hydrogen-bond donors (Lipinski definition) is 2. The van der Waals surface area contributed by atoms with Gasteiger partial charge in [-0.05, 0) is 30.5 Å². The molecule has 5 heteroatoms. The van der Waals surface area contributed by atoms with Gasteiger partial charge in [0.05, 0.1) is 0 Å². The van der Waals surface area contributed by atoms with Crippen LogP contribution in [-0.2, 0) is 11.2 Å². The Labute approximate surface area is 113 Å². The standard InChI is InChI=1S/C14H20N2O3/c1-4-10-6-8-11(9-7-10)16(3)14(19)15-12(5-2)13(17)18/h6-9,12H,4-5H2,1-3H3,(H,15,19)(H,17,18)/t12-/m0/s1. The molecule has 0 aliphatic rings. The predicted molar refractivity (Wildman–Crippen MR) is 74.5 cm³/mol. The van der Waals surface area contributed by atoms with Gasteiger partial charge in [-0.15, -0.1) is 0 Å². The molecule has 1 aromatic rings. The highest BCUT2D eigenvalue weighted by Gasteiger charge is 2.20. The summed E-state index contributed by atoms with van der Waals surface area (Å²) in [5.41, 5.74) is 1.92. The van der Waals surface area contributed by atoms with Crippen molar-refractivity contribution in [2.45, 2.75) is 32.7 Å². The normalized spacial score (nSPS) is 11.7. The zero-order valence-corrected chi connectivity index (χ0v) is 11.5. The van der Waals surface area contributed by atoms with Crippen LogP contribution in [0.2, 0.25) is 0 Å². The average molecular weight is 264 g/mol. The first-order valence-electron chi connectivity index (χ1n) is 6.35. The lowest BCUT2D eigenvalue weighted by molar-refractivity contribution is -0.139. The van der Waals surface area contributed by atoms with Crippen molar-refractivity contribution in [1.29, 1.82) is 0 Å². The Bertz CT molecular complexity index is 443. The summed E-state index contributed by atoms with van der Waals surface area (Å²) in [5, 5.41) is 11.4. The molecule has 104 valence electrons. The van der Waals surface area contributed by atoms with Crippen LogP contribution in [0.4, 0.5) is 10.5 Å². The van der Waals surface area contributed by atoms with Gasteiger partial charge in [0, 0.05) is 12.7 Å². The monoisotopic (exact) mass is 264 g/mol. The van der Waals surface area contributed by atoms with Crippen molar-refractivity contribution in [2.24, 2.45) is 0 Å². The average Bonchev–Trinajstić information content (AvgIpc) is 2.43. The van der Waals surface area contributed by atoms with E-state index in [1.165, 1.54) is 10.5 Å². The van der Waals surface area contributed by atoms with Gasteiger partial charge >= 0.3 is 12.0 Å². The molecule has 0 unspecified atom stereocenters. The van der Waals surface area contributed by atoms with Crippen molar-refractivity contribution in [3.05, 3.63) is 29.8 Å². The summed E-state index contributed by atoms with van der Waals surface area (Å²) in [5.74, 6) is -1.02. The highest BCUT2D eigenvalue weighted by Crippen LogP contribution is 2.14. The van der Waals surface area contributed by atoms with E-state index in [1.807, 2.05) is 24.3 Å². The van der Waals surface area contributed by atoms with Gasteiger partial charge in [-0.25, -0.2) is 9.59 Å². The van der Waals surface area contributed by atoms with E-state index in [0.29, 0.717) is 6.42 Å². The molecule has 0 bridgehead atoms. The number of carbonyl (C=O) groups is 2. The molecule has 0 spiro atoms. The first kappa shape index (κ1) is 15.0. The molecule has 1 rings (SSSR count). The van der Waals surface area contributed by atoms with Gasteiger partial charge in [-0.2, -0.15) is 0 Å². The molecule has 0 saturated carbocycles. The fourth-order valence-electron chi connectivity index (χ4n) is 1.66. The molecule has 0 radical (unpaired) electrons. The third kappa shape index (κ3) is 3.98. The van der Waals surface area contributed by atoms with Gasteiger partial charge in [0.15, 0.2) is 0 Å². The van der Waals surface area contributed by atoms with E-state index in [0.717, 1.165) is 12.1 Å². The number of carboxylic acid groups (broad SMARTS) is 1. The molecule has 0 fully saturated rings. The lowest BCUT2D eigenvalue weighted by Gasteiger charge is -2.21. The molecule has 0 saturated heterocycles. The number of urea groups is 1. The van der Waals surface area contributed by atoms with Gasteiger partial charge in [0.1, 0.15) is 6.04 Å². The summed E-state index contributed by atoms with van der Waals surface area (Å²) < 4.78 is 0. The summed E-state index contributed by atoms with van der Waals surface area (Å²) >= 11 is 0. The molecular formula is C14H20N2O3. The van der Waals surface area contributed by atoms with Crippen LogP contribution in [0.3, 0.4) is 0 Å². The Morgan fingerprint density at radius 2 is 1.84 bits per heavy atom. The number of amides is 2. The largest absolute Gasteiger partial charge is 0.480 e. The molecule has 0 aliphatic heterocycles. The van der Waals surface area contributed by atoms with Crippen LogP contribution in [-0.4, -0.2) is 30.2 Å². The molecule has 2 N–H and O–H groups in total. The molecular weight excluding hydrogens is 244 g/mol. The Kier molecular flexibility index (Phi) is 5.36. The Hall–Kier alpha value is -2.04. The van der Waals surface area contributed by atoms with E-state index >= 15 is 0 Å². The number of anilines is 1. The van der Waals surface area contributed by atoms with Crippen molar-refractivity contribution >= 4 is 17.7 Å². The molecule has 0 aromatic heterocycles. The van der Waals surface area contributed by atoms with Crippen molar-refractivity contribution in [3.8, 4) is 0 Å². The summed E-state index contributed by atoms with van der Waals surface area (Å²) in [7, 11) is 1.62. The van der Waals surface area contributed by atoms with Crippen LogP contribution in [0, 0.1) is 0 Å². The Morgan fingerprint density at radius 3 is 2.26 bits per heavy atom. The maximum absolute atomic E-state index is 11.9. The van der Waals surface area contributed by atoms with Crippen LogP contribution >= 0.6 is 0 Å². The molecule has 0 heterocycles. The van der Waals surface area contributed by atoms with Crippen LogP contribution < -0.4 is 10.2 Å². The number of aliphatic carboxylic acids is 1. The summed E-state index contributed by atoms with van der Waals surface area (Å²) in [6, 6.07) is 6.32. The van der Waals surface area contributed by atoms with Crippen molar-refractivity contribution < 1.29 is 14.7 Å². The summed E-state index contributed by atoms with van der Waals surface area (Å²) in [6.45, 7) is 3.78. The van der Waals surface area contributed by atoms with Crippen LogP contribution in [0.5, 0.6) is 0 Å². The second kappa shape index (κ2) is 6.78. The zero-order valence-electron chi connectivity index (χ0n) is 11.5. The number of benzene rings is 1. The minimum absolute atomic E-state index is 0.351. The SMILES string of the molecule is CCc1ccc(N(C)C(=O)N[C@@H](CC)C(=O)O)cc1. The zero-order chi connectivity index (χ0) is 14.4. The van der Waals surface area contributed by atoms with E-state index in [-0.39, 0.29) is 0 Å². The second-order valence-electron chi connectivity index (χ2n) is 4.33. The van der Waals surface area contributed by atoms with Gasteiger partial charge < -0.3 is 10.4 Å². The van der Waals surface area contributed by atoms with E-state index in [4.69, 9.17) is 5.11 Å². The Morgan fingerprint density at radius 1 is 1.26 bits per heavy atom. The maximum atomic E-state index is 11.9. The molecule has 19 heavy (non-hydrogen) atoms. The highest BCUT2D eigenvalue weighted by molar-refractivity contribution is 5.93. The summed E-state index contributed by atoms with van der Waals surface area (Å²) in [4.78, 5) is 24.2. The number of nitrogens with one attached hydrogen (secondary N) is 1. The minimum atomic E-state index is -1.02. The number of nitrogens with zero attached hydrogens (tertiary/aromatic N) is 1. The number of aryl methyl sites for hydroxylation is 1. The van der Waals surface area contributed by atoms with Crippen molar-refractivity contribution in [3.63, 3.8) is 0 Å². The van der Waals surface area contributed by atoms with E-state index in [1.54, 1.807) is 14.0 Å². The maximum Gasteiger partial charge on any atom is 0.326 e. The third-order valence-electron chi connectivity index (χ3n) is 3.04. The Balaban J connectivity index is 2.72. The fraction of sp³-hybridized carbons (Fsp3) is 0.429. The van der Waals surface area contributed by atoms with Gasteiger partial charge in [-0.3, -0.25) is 4.90 Å². The second-order valence-corrected chi connectivity index (χ2v) is 4.33. The lowest BCUT2D eigenvalue weighted by atomic mass is 10.1. The quantitative estimate of drug-likeness (QED) is 0.857. The number of carboxylic acids is 1. The van der Waals surface area contributed by atoms with E-state index < -0.39 is 18.0 Å². The van der Waals surface area contributed by atoms with Gasteiger partial charge in [-0.1, -0.05) is 26.0 Å². The first-order valence-corrected chi connectivity index (χ1v) is 6.35. The van der Waals surface area contributed by atoms with E-state index in [2.05, 4.69) is 12.2 Å². The highest BCUT2D eigenvalue weighted by atomic mass is 16.4. The lowest BCUT2D eigenvalue weighted by Crippen LogP contribution is -2.46. The fourth-order valence-corrected chi connectivity index (χ4v) is 1.66. The third-order valence-corrected chi connectivity index (χ3v) is 3.04. The first-order chi connectivity index (χ1) is 8.99. The number of hydrogen-bond acceptors (Lipinski definition) is 2. The van der Waals surface area contributed by atoms with Gasteiger partial charge in [0.25, 0.3) is 0 Å².